The van der Waals surface area contributed by atoms with Gasteiger partial charge < -0.3 is 5.11 Å². The van der Waals surface area contributed by atoms with Crippen molar-refractivity contribution in [2.75, 3.05) is 13.6 Å². The van der Waals surface area contributed by atoms with Gasteiger partial charge in [-0.2, -0.15) is 0 Å². The smallest absolute Gasteiger partial charge is 0.126 e. The van der Waals surface area contributed by atoms with Crippen LogP contribution in [-0.2, 0) is 6.42 Å². The van der Waals surface area contributed by atoms with E-state index in [0.29, 0.717) is 12.5 Å². The van der Waals surface area contributed by atoms with Gasteiger partial charge in [0.2, 0.25) is 0 Å². The van der Waals surface area contributed by atoms with E-state index in [1.54, 1.807) is 13.1 Å². The summed E-state index contributed by atoms with van der Waals surface area (Å²) in [5.41, 5.74) is 1.12. The van der Waals surface area contributed by atoms with Crippen LogP contribution in [0.1, 0.15) is 36.9 Å². The molecule has 18 heavy (non-hydrogen) atoms. The van der Waals surface area contributed by atoms with Gasteiger partial charge in [-0.05, 0) is 44.5 Å². The summed E-state index contributed by atoms with van der Waals surface area (Å²) >= 11 is 0. The molecule has 1 aliphatic heterocycles. The summed E-state index contributed by atoms with van der Waals surface area (Å²) in [6.07, 6.45) is 11.9. The van der Waals surface area contributed by atoms with Gasteiger partial charge >= 0.3 is 0 Å². The van der Waals surface area contributed by atoms with E-state index in [9.17, 15) is 5.11 Å². The van der Waals surface area contributed by atoms with Crippen molar-refractivity contribution in [1.29, 1.82) is 0 Å². The third-order valence-corrected chi connectivity index (χ3v) is 3.58. The molecule has 1 N–H and O–H groups in total. The normalized spacial score (nSPS) is 23.6. The van der Waals surface area contributed by atoms with Crippen LogP contribution in [0.2, 0.25) is 0 Å². The first-order chi connectivity index (χ1) is 8.52. The number of hydrogen-bond donors (Lipinski definition) is 1. The Morgan fingerprint density at radius 3 is 3.00 bits per heavy atom. The number of aliphatic hydroxyl groups is 1. The Labute approximate surface area is 109 Å². The molecule has 1 saturated heterocycles. The van der Waals surface area contributed by atoms with E-state index >= 15 is 0 Å². The van der Waals surface area contributed by atoms with E-state index in [0.717, 1.165) is 12.1 Å². The molecule has 2 atom stereocenters. The van der Waals surface area contributed by atoms with Gasteiger partial charge in [0.1, 0.15) is 5.60 Å². The van der Waals surface area contributed by atoms with E-state index < -0.39 is 5.60 Å². The molecule has 0 spiro atoms. The lowest BCUT2D eigenvalue weighted by Gasteiger charge is -2.21. The molecule has 1 aliphatic rings. The molecule has 2 unspecified atom stereocenters. The first kappa shape index (κ1) is 13.1. The third kappa shape index (κ3) is 2.90. The number of terminal acetylenes is 1. The van der Waals surface area contributed by atoms with Crippen molar-refractivity contribution in [3.8, 4) is 12.3 Å². The van der Waals surface area contributed by atoms with Crippen LogP contribution in [0, 0.1) is 12.3 Å². The van der Waals surface area contributed by atoms with Crippen LogP contribution in [0.25, 0.3) is 0 Å². The van der Waals surface area contributed by atoms with Crippen molar-refractivity contribution in [2.24, 2.45) is 0 Å². The van der Waals surface area contributed by atoms with Crippen LogP contribution >= 0.6 is 0 Å². The average Bonchev–Trinajstić information content (AvgIpc) is 2.75. The molecular formula is C15H20N2O. The molecular weight excluding hydrogens is 224 g/mol. The molecule has 0 aromatic carbocycles. The Kier molecular flexibility index (Phi) is 3.70. The van der Waals surface area contributed by atoms with Crippen LogP contribution in [0.3, 0.4) is 0 Å². The molecule has 3 heteroatoms. The number of hydrogen-bond acceptors (Lipinski definition) is 3. The van der Waals surface area contributed by atoms with Gasteiger partial charge in [0, 0.05) is 24.9 Å². The maximum Gasteiger partial charge on any atom is 0.126 e. The van der Waals surface area contributed by atoms with Crippen LogP contribution < -0.4 is 0 Å². The highest BCUT2D eigenvalue weighted by atomic mass is 16.3. The monoisotopic (exact) mass is 244 g/mol. The number of rotatable bonds is 3. The highest BCUT2D eigenvalue weighted by Crippen LogP contribution is 2.30. The second-order valence-corrected chi connectivity index (χ2v) is 5.36. The Morgan fingerprint density at radius 2 is 2.39 bits per heavy atom. The second kappa shape index (κ2) is 5.09. The Morgan fingerprint density at radius 1 is 1.61 bits per heavy atom. The quantitative estimate of drug-likeness (QED) is 0.823. The van der Waals surface area contributed by atoms with Gasteiger partial charge in [0.25, 0.3) is 0 Å². The van der Waals surface area contributed by atoms with Crippen molar-refractivity contribution in [3.63, 3.8) is 0 Å². The van der Waals surface area contributed by atoms with Gasteiger partial charge in [-0.3, -0.25) is 9.88 Å². The fraction of sp³-hybridized carbons (Fsp3) is 0.533. The SMILES string of the molecule is C#CC(C)(O)Cc1cncc(C2CCCN2C)c1. The van der Waals surface area contributed by atoms with Crippen LogP contribution in [-0.4, -0.2) is 34.2 Å². The first-order valence-electron chi connectivity index (χ1n) is 6.36. The van der Waals surface area contributed by atoms with E-state index in [-0.39, 0.29) is 0 Å². The van der Waals surface area contributed by atoms with E-state index in [1.165, 1.54) is 18.4 Å². The molecule has 0 radical (unpaired) electrons. The molecule has 1 aromatic rings. The molecule has 1 aromatic heterocycles. The molecule has 2 heterocycles. The maximum atomic E-state index is 9.91. The summed E-state index contributed by atoms with van der Waals surface area (Å²) in [4.78, 5) is 6.62. The molecule has 0 bridgehead atoms. The second-order valence-electron chi connectivity index (χ2n) is 5.36. The van der Waals surface area contributed by atoms with Gasteiger partial charge in [0.15, 0.2) is 0 Å². The van der Waals surface area contributed by atoms with Gasteiger partial charge in [-0.15, -0.1) is 6.42 Å². The Hall–Kier alpha value is -1.37. The zero-order chi connectivity index (χ0) is 13.2. The summed E-state index contributed by atoms with van der Waals surface area (Å²) in [5, 5.41) is 9.91. The Balaban J connectivity index is 2.18. The van der Waals surface area contributed by atoms with Gasteiger partial charge in [-0.25, -0.2) is 0 Å². The molecule has 2 rings (SSSR count). The van der Waals surface area contributed by atoms with Crippen molar-refractivity contribution < 1.29 is 5.11 Å². The summed E-state index contributed by atoms with van der Waals surface area (Å²) < 4.78 is 0. The minimum Gasteiger partial charge on any atom is -0.378 e. The van der Waals surface area contributed by atoms with E-state index in [1.807, 2.05) is 6.20 Å². The lowest BCUT2D eigenvalue weighted by Crippen LogP contribution is -2.25. The number of aromatic nitrogens is 1. The summed E-state index contributed by atoms with van der Waals surface area (Å²) in [7, 11) is 2.14. The molecule has 3 nitrogen and oxygen atoms in total. The zero-order valence-electron chi connectivity index (χ0n) is 11.1. The number of nitrogens with zero attached hydrogens (tertiary/aromatic N) is 2. The molecule has 0 saturated carbocycles. The minimum atomic E-state index is -1.10. The Bertz CT molecular complexity index is 462. The van der Waals surface area contributed by atoms with Crippen molar-refractivity contribution >= 4 is 0 Å². The molecule has 0 aliphatic carbocycles. The lowest BCUT2D eigenvalue weighted by molar-refractivity contribution is 0.123. The molecule has 0 amide bonds. The van der Waals surface area contributed by atoms with Crippen molar-refractivity contribution in [1.82, 2.24) is 9.88 Å². The number of likely N-dealkylation sites (tertiary alicyclic amines) is 1. The zero-order valence-corrected chi connectivity index (χ0v) is 11.1. The van der Waals surface area contributed by atoms with E-state index in [4.69, 9.17) is 6.42 Å². The van der Waals surface area contributed by atoms with Gasteiger partial charge in [0.05, 0.1) is 0 Å². The standard InChI is InChI=1S/C15H20N2O/c1-4-15(2,18)9-12-8-13(11-16-10-12)14-6-5-7-17(14)3/h1,8,10-11,14,18H,5-7,9H2,2-3H3. The maximum absolute atomic E-state index is 9.91. The van der Waals surface area contributed by atoms with Crippen LogP contribution in [0.4, 0.5) is 0 Å². The predicted octanol–water partition coefficient (Wildman–Crippen LogP) is 1.78. The molecule has 96 valence electrons. The largest absolute Gasteiger partial charge is 0.378 e. The average molecular weight is 244 g/mol. The van der Waals surface area contributed by atoms with E-state index in [2.05, 4.69) is 28.9 Å². The summed E-state index contributed by atoms with van der Waals surface area (Å²) in [6, 6.07) is 2.57. The predicted molar refractivity (Wildman–Crippen MR) is 72.0 cm³/mol. The van der Waals surface area contributed by atoms with Crippen LogP contribution in [0.15, 0.2) is 18.5 Å². The highest BCUT2D eigenvalue weighted by Gasteiger charge is 2.24. The van der Waals surface area contributed by atoms with Crippen molar-refractivity contribution in [3.05, 3.63) is 29.6 Å². The summed E-state index contributed by atoms with van der Waals surface area (Å²) in [5.74, 6) is 2.40. The first-order valence-corrected chi connectivity index (χ1v) is 6.36. The van der Waals surface area contributed by atoms with Gasteiger partial charge in [-0.1, -0.05) is 12.0 Å². The number of pyridine rings is 1. The fourth-order valence-electron chi connectivity index (χ4n) is 2.57. The third-order valence-electron chi connectivity index (χ3n) is 3.58. The van der Waals surface area contributed by atoms with Crippen molar-refractivity contribution in [2.45, 2.75) is 37.8 Å². The van der Waals surface area contributed by atoms with Crippen LogP contribution in [0.5, 0.6) is 0 Å². The topological polar surface area (TPSA) is 36.4 Å². The highest BCUT2D eigenvalue weighted by molar-refractivity contribution is 5.25. The molecule has 1 fully saturated rings. The fourth-order valence-corrected chi connectivity index (χ4v) is 2.57. The lowest BCUT2D eigenvalue weighted by atomic mass is 9.96. The summed E-state index contributed by atoms with van der Waals surface area (Å²) in [6.45, 7) is 2.79. The minimum absolute atomic E-state index is 0.445.